The van der Waals surface area contributed by atoms with E-state index in [0.29, 0.717) is 6.42 Å². The van der Waals surface area contributed by atoms with Crippen LogP contribution < -0.4 is 0 Å². The van der Waals surface area contributed by atoms with Crippen molar-refractivity contribution >= 4 is 5.97 Å². The van der Waals surface area contributed by atoms with Gasteiger partial charge >= 0.3 is 5.97 Å². The van der Waals surface area contributed by atoms with Crippen molar-refractivity contribution in [3.05, 3.63) is 37.0 Å². The van der Waals surface area contributed by atoms with Crippen LogP contribution in [0.2, 0.25) is 0 Å². The summed E-state index contributed by atoms with van der Waals surface area (Å²) < 4.78 is 5.05. The monoisotopic (exact) mass is 210 g/mol. The van der Waals surface area contributed by atoms with Gasteiger partial charge < -0.3 is 9.84 Å². The van der Waals surface area contributed by atoms with Crippen molar-refractivity contribution in [2.75, 3.05) is 7.11 Å². The summed E-state index contributed by atoms with van der Waals surface area (Å²) in [4.78, 5) is 10.5. The largest absolute Gasteiger partial charge is 0.481 e. The zero-order chi connectivity index (χ0) is 11.7. The van der Waals surface area contributed by atoms with Crippen LogP contribution in [0.25, 0.3) is 0 Å². The third-order valence-corrected chi connectivity index (χ3v) is 1.99. The Morgan fingerprint density at radius 1 is 1.60 bits per heavy atom. The van der Waals surface area contributed by atoms with Crippen LogP contribution in [0.3, 0.4) is 0 Å². The van der Waals surface area contributed by atoms with Gasteiger partial charge in [0, 0.05) is 7.11 Å². The molecule has 0 amide bonds. The van der Waals surface area contributed by atoms with Gasteiger partial charge in [-0.3, -0.25) is 4.79 Å². The Morgan fingerprint density at radius 3 is 2.73 bits per heavy atom. The summed E-state index contributed by atoms with van der Waals surface area (Å²) in [6.07, 6.45) is 6.54. The number of methoxy groups -OCH3 is 1. The summed E-state index contributed by atoms with van der Waals surface area (Å²) >= 11 is 0. The van der Waals surface area contributed by atoms with E-state index in [1.54, 1.807) is 12.2 Å². The van der Waals surface area contributed by atoms with Gasteiger partial charge in [0.2, 0.25) is 0 Å². The second kappa shape index (κ2) is 8.00. The number of aliphatic carboxylic acids is 1. The van der Waals surface area contributed by atoms with Crippen LogP contribution in [0, 0.1) is 0 Å². The van der Waals surface area contributed by atoms with Gasteiger partial charge in [-0.2, -0.15) is 0 Å². The number of ether oxygens (including phenoxy) is 1. The van der Waals surface area contributed by atoms with Crippen molar-refractivity contribution in [1.29, 1.82) is 0 Å². The third-order valence-electron chi connectivity index (χ3n) is 1.99. The number of hydrogen-bond donors (Lipinski definition) is 1. The summed E-state index contributed by atoms with van der Waals surface area (Å²) in [7, 11) is 1.52. The molecule has 0 aromatic carbocycles. The highest BCUT2D eigenvalue weighted by atomic mass is 16.5. The van der Waals surface area contributed by atoms with Crippen molar-refractivity contribution < 1.29 is 14.6 Å². The predicted octanol–water partition coefficient (Wildman–Crippen LogP) is 2.55. The Balaban J connectivity index is 3.89. The molecular formula is C12H18O3. The fourth-order valence-corrected chi connectivity index (χ4v) is 1.13. The molecule has 0 aliphatic carbocycles. The van der Waals surface area contributed by atoms with Gasteiger partial charge in [-0.25, -0.2) is 0 Å². The maximum Gasteiger partial charge on any atom is 0.305 e. The van der Waals surface area contributed by atoms with Crippen molar-refractivity contribution in [3.63, 3.8) is 0 Å². The molecule has 0 fully saturated rings. The lowest BCUT2D eigenvalue weighted by Gasteiger charge is -2.12. The second-order valence-electron chi connectivity index (χ2n) is 3.25. The van der Waals surface area contributed by atoms with E-state index < -0.39 is 5.97 Å². The van der Waals surface area contributed by atoms with E-state index in [1.807, 2.05) is 6.08 Å². The van der Waals surface area contributed by atoms with Crippen LogP contribution in [0.15, 0.2) is 37.0 Å². The van der Waals surface area contributed by atoms with Crippen molar-refractivity contribution in [1.82, 2.24) is 0 Å². The lowest BCUT2D eigenvalue weighted by Crippen LogP contribution is -2.15. The highest BCUT2D eigenvalue weighted by molar-refractivity contribution is 5.67. The predicted molar refractivity (Wildman–Crippen MR) is 60.8 cm³/mol. The SMILES string of the molecule is C=C/C=C\C(=C)CCC(CC(=O)O)OC. The average molecular weight is 210 g/mol. The molecule has 1 unspecified atom stereocenters. The smallest absolute Gasteiger partial charge is 0.305 e. The summed E-state index contributed by atoms with van der Waals surface area (Å²) in [5, 5.41) is 8.59. The molecular weight excluding hydrogens is 192 g/mol. The Labute approximate surface area is 90.8 Å². The van der Waals surface area contributed by atoms with E-state index >= 15 is 0 Å². The summed E-state index contributed by atoms with van der Waals surface area (Å²) in [6.45, 7) is 7.39. The molecule has 3 heteroatoms. The van der Waals surface area contributed by atoms with Crippen LogP contribution in [-0.2, 0) is 9.53 Å². The number of carboxylic acid groups (broad SMARTS) is 1. The molecule has 0 heterocycles. The van der Waals surface area contributed by atoms with E-state index in [1.165, 1.54) is 7.11 Å². The molecule has 84 valence electrons. The molecule has 0 aromatic heterocycles. The molecule has 3 nitrogen and oxygen atoms in total. The number of hydrogen-bond acceptors (Lipinski definition) is 2. The maximum atomic E-state index is 10.5. The van der Waals surface area contributed by atoms with E-state index in [0.717, 1.165) is 12.0 Å². The Kier molecular flexibility index (Phi) is 7.28. The summed E-state index contributed by atoms with van der Waals surface area (Å²) in [5.74, 6) is -0.839. The van der Waals surface area contributed by atoms with Crippen LogP contribution in [0.4, 0.5) is 0 Å². The molecule has 1 N–H and O–H groups in total. The molecule has 0 saturated carbocycles. The second-order valence-corrected chi connectivity index (χ2v) is 3.25. The van der Waals surface area contributed by atoms with E-state index in [4.69, 9.17) is 9.84 Å². The quantitative estimate of drug-likeness (QED) is 0.626. The number of rotatable bonds is 8. The first kappa shape index (κ1) is 13.7. The minimum atomic E-state index is -0.839. The first-order valence-corrected chi connectivity index (χ1v) is 4.81. The van der Waals surface area contributed by atoms with Crippen molar-refractivity contribution in [2.24, 2.45) is 0 Å². The van der Waals surface area contributed by atoms with Gasteiger partial charge in [-0.1, -0.05) is 37.0 Å². The first-order chi connectivity index (χ1) is 7.10. The molecule has 0 rings (SSSR count). The standard InChI is InChI=1S/C12H18O3/c1-4-5-6-10(2)7-8-11(15-3)9-12(13)14/h4-6,11H,1-2,7-9H2,3H3,(H,13,14)/b6-5-. The fraction of sp³-hybridized carbons (Fsp3) is 0.417. The Morgan fingerprint density at radius 2 is 2.27 bits per heavy atom. The molecule has 0 aliphatic heterocycles. The molecule has 0 spiro atoms. The van der Waals surface area contributed by atoms with Gasteiger partial charge in [0.25, 0.3) is 0 Å². The van der Waals surface area contributed by atoms with E-state index in [9.17, 15) is 4.79 Å². The maximum absolute atomic E-state index is 10.5. The minimum Gasteiger partial charge on any atom is -0.481 e. The summed E-state index contributed by atoms with van der Waals surface area (Å²) in [6, 6.07) is 0. The van der Waals surface area contributed by atoms with Gasteiger partial charge in [-0.15, -0.1) is 0 Å². The third kappa shape index (κ3) is 7.70. The molecule has 0 aliphatic rings. The lowest BCUT2D eigenvalue weighted by molar-refractivity contribution is -0.139. The molecule has 0 saturated heterocycles. The topological polar surface area (TPSA) is 46.5 Å². The Hall–Kier alpha value is -1.35. The van der Waals surface area contributed by atoms with E-state index in [-0.39, 0.29) is 12.5 Å². The van der Waals surface area contributed by atoms with Crippen LogP contribution >= 0.6 is 0 Å². The van der Waals surface area contributed by atoms with Crippen LogP contribution in [0.5, 0.6) is 0 Å². The molecule has 0 radical (unpaired) electrons. The zero-order valence-corrected chi connectivity index (χ0v) is 9.11. The van der Waals surface area contributed by atoms with Gasteiger partial charge in [0.05, 0.1) is 12.5 Å². The van der Waals surface area contributed by atoms with Crippen LogP contribution in [0.1, 0.15) is 19.3 Å². The summed E-state index contributed by atoms with van der Waals surface area (Å²) in [5.41, 5.74) is 0.947. The highest BCUT2D eigenvalue weighted by Crippen LogP contribution is 2.11. The first-order valence-electron chi connectivity index (χ1n) is 4.81. The van der Waals surface area contributed by atoms with Crippen molar-refractivity contribution in [3.8, 4) is 0 Å². The molecule has 0 bridgehead atoms. The van der Waals surface area contributed by atoms with Gasteiger partial charge in [-0.05, 0) is 12.8 Å². The number of allylic oxidation sites excluding steroid dienone is 4. The van der Waals surface area contributed by atoms with Gasteiger partial charge in [0.15, 0.2) is 0 Å². The fourth-order valence-electron chi connectivity index (χ4n) is 1.13. The average Bonchev–Trinajstić information content (AvgIpc) is 2.20. The zero-order valence-electron chi connectivity index (χ0n) is 9.11. The Bertz CT molecular complexity index is 254. The van der Waals surface area contributed by atoms with Gasteiger partial charge in [0.1, 0.15) is 0 Å². The normalized spacial score (nSPS) is 12.6. The highest BCUT2D eigenvalue weighted by Gasteiger charge is 2.11. The van der Waals surface area contributed by atoms with Crippen molar-refractivity contribution in [2.45, 2.75) is 25.4 Å². The van der Waals surface area contributed by atoms with Crippen LogP contribution in [-0.4, -0.2) is 24.3 Å². The number of carboxylic acids is 1. The minimum absolute atomic E-state index is 0.0367. The van der Waals surface area contributed by atoms with E-state index in [2.05, 4.69) is 13.2 Å². The molecule has 15 heavy (non-hydrogen) atoms. The lowest BCUT2D eigenvalue weighted by atomic mass is 10.1. The molecule has 0 aromatic rings. The number of carbonyl (C=O) groups is 1. The molecule has 1 atom stereocenters.